The van der Waals surface area contributed by atoms with Gasteiger partial charge in [0, 0.05) is 0 Å². The fourth-order valence-corrected chi connectivity index (χ4v) is 3.46. The smallest absolute Gasteiger partial charge is 0.411 e. The first-order valence-electron chi connectivity index (χ1n) is 7.28. The third-order valence-corrected chi connectivity index (χ3v) is 4.59. The second kappa shape index (κ2) is 8.17. The summed E-state index contributed by atoms with van der Waals surface area (Å²) in [6.45, 7) is 1.71. The third-order valence-electron chi connectivity index (χ3n) is 3.03. The molecule has 1 amide bonds. The summed E-state index contributed by atoms with van der Waals surface area (Å²) in [6.07, 6.45) is -0.859. The van der Waals surface area contributed by atoms with E-state index in [4.69, 9.17) is 11.6 Å². The van der Waals surface area contributed by atoms with Crippen molar-refractivity contribution in [3.05, 3.63) is 58.9 Å². The van der Waals surface area contributed by atoms with E-state index in [1.165, 1.54) is 0 Å². The Morgan fingerprint density at radius 2 is 1.88 bits per heavy atom. The van der Waals surface area contributed by atoms with Crippen molar-refractivity contribution < 1.29 is 22.3 Å². The van der Waals surface area contributed by atoms with E-state index in [0.29, 0.717) is 5.56 Å². The highest BCUT2D eigenvalue weighted by Gasteiger charge is 2.17. The molecule has 0 aliphatic heterocycles. The fourth-order valence-electron chi connectivity index (χ4n) is 2.00. The molecular weight excluding hydrogens is 371 g/mol. The van der Waals surface area contributed by atoms with Crippen LogP contribution in [0, 0.1) is 5.82 Å². The quantitative estimate of drug-likeness (QED) is 0.786. The number of sulfonamides is 1. The van der Waals surface area contributed by atoms with Crippen molar-refractivity contribution >= 4 is 39.1 Å². The average molecular weight is 387 g/mol. The van der Waals surface area contributed by atoms with Gasteiger partial charge in [-0.1, -0.05) is 41.9 Å². The Morgan fingerprint density at radius 3 is 2.52 bits per heavy atom. The molecule has 0 aliphatic carbocycles. The van der Waals surface area contributed by atoms with E-state index in [-0.39, 0.29) is 28.8 Å². The number of benzene rings is 2. The Labute approximate surface area is 150 Å². The number of nitrogens with one attached hydrogen (secondary N) is 2. The van der Waals surface area contributed by atoms with Gasteiger partial charge in [0.1, 0.15) is 5.82 Å². The van der Waals surface area contributed by atoms with E-state index >= 15 is 0 Å². The largest absolute Gasteiger partial charge is 0.450 e. The second-order valence-electron chi connectivity index (χ2n) is 5.00. The summed E-state index contributed by atoms with van der Waals surface area (Å²) in [5.74, 6) is -1.09. The van der Waals surface area contributed by atoms with Crippen molar-refractivity contribution in [1.29, 1.82) is 0 Å². The number of hydrogen-bond donors (Lipinski definition) is 2. The third kappa shape index (κ3) is 5.61. The van der Waals surface area contributed by atoms with Gasteiger partial charge in [0.25, 0.3) is 0 Å². The van der Waals surface area contributed by atoms with Gasteiger partial charge in [0.05, 0.1) is 28.8 Å². The molecule has 0 radical (unpaired) electrons. The van der Waals surface area contributed by atoms with Crippen LogP contribution >= 0.6 is 11.6 Å². The van der Waals surface area contributed by atoms with Crippen molar-refractivity contribution in [2.45, 2.75) is 12.7 Å². The van der Waals surface area contributed by atoms with Gasteiger partial charge < -0.3 is 4.74 Å². The maximum absolute atomic E-state index is 13.9. The molecule has 2 rings (SSSR count). The van der Waals surface area contributed by atoms with Crippen LogP contribution in [0.5, 0.6) is 0 Å². The standard InChI is InChI=1S/C16H16ClFN2O4S/c1-2-24-16(21)19-15-9-14(12(17)8-13(15)18)20-25(22,23)10-11-6-4-3-5-7-11/h3-9,20H,2,10H2,1H3,(H,19,21). The number of ether oxygens (including phenoxy) is 1. The summed E-state index contributed by atoms with van der Waals surface area (Å²) >= 11 is 5.90. The molecule has 2 aromatic carbocycles. The van der Waals surface area contributed by atoms with E-state index in [9.17, 15) is 17.6 Å². The van der Waals surface area contributed by atoms with Crippen molar-refractivity contribution in [3.63, 3.8) is 0 Å². The topological polar surface area (TPSA) is 84.5 Å². The Kier molecular flexibility index (Phi) is 6.22. The second-order valence-corrected chi connectivity index (χ2v) is 7.13. The summed E-state index contributed by atoms with van der Waals surface area (Å²) in [7, 11) is -3.78. The lowest BCUT2D eigenvalue weighted by Gasteiger charge is -2.13. The van der Waals surface area contributed by atoms with E-state index < -0.39 is 21.9 Å². The number of hydrogen-bond acceptors (Lipinski definition) is 4. The van der Waals surface area contributed by atoms with Crippen LogP contribution in [-0.2, 0) is 20.5 Å². The monoisotopic (exact) mass is 386 g/mol. The number of anilines is 2. The zero-order chi connectivity index (χ0) is 18.4. The molecule has 0 heterocycles. The minimum absolute atomic E-state index is 0.0502. The number of carbonyl (C=O) groups is 1. The summed E-state index contributed by atoms with van der Waals surface area (Å²) in [6, 6.07) is 10.5. The molecule has 0 unspecified atom stereocenters. The number of carbonyl (C=O) groups excluding carboxylic acids is 1. The van der Waals surface area contributed by atoms with Gasteiger partial charge in [0.15, 0.2) is 0 Å². The molecule has 25 heavy (non-hydrogen) atoms. The van der Waals surface area contributed by atoms with Crippen LogP contribution in [0.4, 0.5) is 20.6 Å². The van der Waals surface area contributed by atoms with Crippen LogP contribution < -0.4 is 10.0 Å². The van der Waals surface area contributed by atoms with E-state index in [1.54, 1.807) is 37.3 Å². The van der Waals surface area contributed by atoms with E-state index in [1.807, 2.05) is 0 Å². The lowest BCUT2D eigenvalue weighted by Crippen LogP contribution is -2.17. The molecular formula is C16H16ClFN2O4S. The van der Waals surface area contributed by atoms with Gasteiger partial charge >= 0.3 is 6.09 Å². The average Bonchev–Trinajstić information content (AvgIpc) is 2.52. The van der Waals surface area contributed by atoms with Crippen molar-refractivity contribution in [2.75, 3.05) is 16.6 Å². The van der Waals surface area contributed by atoms with Crippen LogP contribution in [0.1, 0.15) is 12.5 Å². The van der Waals surface area contributed by atoms with Crippen LogP contribution in [0.3, 0.4) is 0 Å². The zero-order valence-corrected chi connectivity index (χ0v) is 14.8. The fraction of sp³-hybridized carbons (Fsp3) is 0.188. The molecule has 0 spiro atoms. The SMILES string of the molecule is CCOC(=O)Nc1cc(NS(=O)(=O)Cc2ccccc2)c(Cl)cc1F. The maximum atomic E-state index is 13.9. The first kappa shape index (κ1) is 19.0. The molecule has 6 nitrogen and oxygen atoms in total. The van der Waals surface area contributed by atoms with Gasteiger partial charge in [-0.05, 0) is 24.6 Å². The molecule has 0 fully saturated rings. The highest BCUT2D eigenvalue weighted by molar-refractivity contribution is 7.91. The Hall–Kier alpha value is -2.32. The molecule has 0 atom stereocenters. The van der Waals surface area contributed by atoms with Gasteiger partial charge in [-0.25, -0.2) is 17.6 Å². The predicted molar refractivity (Wildman–Crippen MR) is 94.7 cm³/mol. The summed E-state index contributed by atoms with van der Waals surface area (Å²) in [4.78, 5) is 11.4. The minimum Gasteiger partial charge on any atom is -0.450 e. The van der Waals surface area contributed by atoms with Gasteiger partial charge in [-0.2, -0.15) is 0 Å². The Morgan fingerprint density at radius 1 is 1.20 bits per heavy atom. The molecule has 0 bridgehead atoms. The zero-order valence-electron chi connectivity index (χ0n) is 13.3. The first-order valence-corrected chi connectivity index (χ1v) is 9.31. The summed E-state index contributed by atoms with van der Waals surface area (Å²) in [5, 5.41) is 2.05. The molecule has 9 heteroatoms. The number of halogens is 2. The van der Waals surface area contributed by atoms with E-state index in [2.05, 4.69) is 14.8 Å². The molecule has 0 aliphatic rings. The molecule has 134 valence electrons. The molecule has 0 aromatic heterocycles. The molecule has 2 N–H and O–H groups in total. The molecule has 0 saturated carbocycles. The highest BCUT2D eigenvalue weighted by atomic mass is 35.5. The van der Waals surface area contributed by atoms with Crippen LogP contribution in [-0.4, -0.2) is 21.1 Å². The maximum Gasteiger partial charge on any atom is 0.411 e. The van der Waals surface area contributed by atoms with E-state index in [0.717, 1.165) is 12.1 Å². The normalized spacial score (nSPS) is 11.0. The molecule has 2 aromatic rings. The van der Waals surface area contributed by atoms with Gasteiger partial charge in [0.2, 0.25) is 10.0 Å². The Bertz CT molecular complexity index is 860. The minimum atomic E-state index is -3.78. The van der Waals surface area contributed by atoms with Crippen molar-refractivity contribution in [1.82, 2.24) is 0 Å². The van der Waals surface area contributed by atoms with Crippen LogP contribution in [0.25, 0.3) is 0 Å². The molecule has 0 saturated heterocycles. The Balaban J connectivity index is 2.22. The number of rotatable bonds is 6. The first-order chi connectivity index (χ1) is 11.8. The van der Waals surface area contributed by atoms with Crippen molar-refractivity contribution in [2.24, 2.45) is 0 Å². The number of amides is 1. The lowest BCUT2D eigenvalue weighted by molar-refractivity contribution is 0.168. The lowest BCUT2D eigenvalue weighted by atomic mass is 10.2. The summed E-state index contributed by atoms with van der Waals surface area (Å²) in [5.41, 5.74) is 0.282. The van der Waals surface area contributed by atoms with Crippen LogP contribution in [0.15, 0.2) is 42.5 Å². The van der Waals surface area contributed by atoms with Crippen LogP contribution in [0.2, 0.25) is 5.02 Å². The van der Waals surface area contributed by atoms with Crippen molar-refractivity contribution in [3.8, 4) is 0 Å². The summed E-state index contributed by atoms with van der Waals surface area (Å²) < 4.78 is 45.4. The highest BCUT2D eigenvalue weighted by Crippen LogP contribution is 2.29. The van der Waals surface area contributed by atoms with Gasteiger partial charge in [-0.3, -0.25) is 10.0 Å². The predicted octanol–water partition coefficient (Wildman–Crippen LogP) is 3.99. The van der Waals surface area contributed by atoms with Gasteiger partial charge in [-0.15, -0.1) is 0 Å².